The largest absolute Gasteiger partial charge is 0.449 e. The number of benzene rings is 1. The molecule has 4 heterocycles. The molecule has 0 spiro atoms. The van der Waals surface area contributed by atoms with Crippen molar-refractivity contribution < 1.29 is 30.8 Å². The summed E-state index contributed by atoms with van der Waals surface area (Å²) in [6.45, 7) is 0.153. The molecule has 36 heavy (non-hydrogen) atoms. The predicted octanol–water partition coefficient (Wildman–Crippen LogP) is 3.36. The first kappa shape index (κ1) is 22.9. The van der Waals surface area contributed by atoms with Gasteiger partial charge in [0.05, 0.1) is 54.1 Å². The number of oxazole rings is 1. The molecular weight excluding hydrogens is 501 g/mol. The Morgan fingerprint density at radius 2 is 1.89 bits per heavy atom. The topological polar surface area (TPSA) is 114 Å². The zero-order chi connectivity index (χ0) is 25.2. The number of hydrogen-bond donors (Lipinski definition) is 1. The molecule has 3 atom stereocenters. The fraction of sp³-hybridized carbons (Fsp3) is 0.409. The van der Waals surface area contributed by atoms with Gasteiger partial charge in [0.25, 0.3) is 0 Å². The van der Waals surface area contributed by atoms with Gasteiger partial charge in [-0.1, -0.05) is 0 Å². The van der Waals surface area contributed by atoms with E-state index in [1.165, 1.54) is 27.9 Å². The molecule has 1 aromatic carbocycles. The number of sulfonamides is 1. The van der Waals surface area contributed by atoms with Crippen LogP contribution in [0.4, 0.5) is 29.3 Å². The maximum Gasteiger partial charge on any atom is 0.322 e. The van der Waals surface area contributed by atoms with Crippen molar-refractivity contribution in [3.63, 3.8) is 0 Å². The Kier molecular flexibility index (Phi) is 5.24. The number of carbonyl (C=O) groups is 1. The minimum atomic E-state index is -3.70. The first-order valence-corrected chi connectivity index (χ1v) is 13.0. The van der Waals surface area contributed by atoms with Crippen LogP contribution in [0.1, 0.15) is 42.8 Å². The Labute approximate surface area is 203 Å². The second-order valence-electron chi connectivity index (χ2n) is 9.18. The lowest BCUT2D eigenvalue weighted by Gasteiger charge is -2.39. The van der Waals surface area contributed by atoms with Crippen molar-refractivity contribution in [1.29, 1.82) is 0 Å². The van der Waals surface area contributed by atoms with Gasteiger partial charge in [-0.25, -0.2) is 31.4 Å². The third-order valence-electron chi connectivity index (χ3n) is 7.05. The van der Waals surface area contributed by atoms with Gasteiger partial charge >= 0.3 is 6.03 Å². The standard InChI is InChI=1S/C22H21F3N6O4S/c23-14-6-13(7-15(24)20(14)25)28-22(32)29-10-19-18(8-27-31(19)17-3-1-2-16(17)29)30-9-12(11-36(30,33)34)21-26-4-5-35-21/h4-8,12,16-17H,1-3,9-11H2,(H,28,32)/t12?,16-,17+/m0/s1. The SMILES string of the molecule is O=C(Nc1cc(F)c(F)c(F)c1)N1Cc2c(N3CC(c4ncco4)CS3(=O)=O)cnn2[C@@H]2CCC[C@@H]21. The molecule has 1 saturated carbocycles. The number of fused-ring (bicyclic) bond motifs is 3. The van der Waals surface area contributed by atoms with Gasteiger partial charge in [0, 0.05) is 24.4 Å². The van der Waals surface area contributed by atoms with Crippen molar-refractivity contribution in [2.45, 2.75) is 43.8 Å². The lowest BCUT2D eigenvalue weighted by Crippen LogP contribution is -2.49. The number of nitrogens with one attached hydrogen (secondary N) is 1. The molecule has 14 heteroatoms. The lowest BCUT2D eigenvalue weighted by molar-refractivity contribution is 0.139. The van der Waals surface area contributed by atoms with E-state index in [1.54, 1.807) is 4.68 Å². The van der Waals surface area contributed by atoms with E-state index in [9.17, 15) is 26.4 Å². The molecule has 6 rings (SSSR count). The van der Waals surface area contributed by atoms with Gasteiger partial charge in [-0.3, -0.25) is 8.99 Å². The fourth-order valence-electron chi connectivity index (χ4n) is 5.46. The Hall–Kier alpha value is -3.55. The number of halogens is 3. The number of aromatic nitrogens is 3. The molecule has 190 valence electrons. The van der Waals surface area contributed by atoms with Crippen LogP contribution in [-0.4, -0.2) is 52.5 Å². The second kappa shape index (κ2) is 8.25. The van der Waals surface area contributed by atoms with Crippen LogP contribution in [0.15, 0.2) is 35.2 Å². The van der Waals surface area contributed by atoms with E-state index in [4.69, 9.17) is 4.42 Å². The third-order valence-corrected chi connectivity index (χ3v) is 8.90. The number of urea groups is 1. The summed E-state index contributed by atoms with van der Waals surface area (Å²) in [5.74, 6) is -4.74. The molecule has 2 aliphatic heterocycles. The van der Waals surface area contributed by atoms with Crippen molar-refractivity contribution in [2.75, 3.05) is 21.9 Å². The first-order chi connectivity index (χ1) is 17.2. The number of anilines is 2. The van der Waals surface area contributed by atoms with Crippen LogP contribution in [0, 0.1) is 17.5 Å². The zero-order valence-electron chi connectivity index (χ0n) is 18.8. The van der Waals surface area contributed by atoms with Crippen LogP contribution in [0.3, 0.4) is 0 Å². The van der Waals surface area contributed by atoms with Crippen LogP contribution < -0.4 is 9.62 Å². The Bertz CT molecular complexity index is 1420. The van der Waals surface area contributed by atoms with Crippen LogP contribution >= 0.6 is 0 Å². The average Bonchev–Trinajstić information content (AvgIpc) is 3.61. The van der Waals surface area contributed by atoms with Crippen LogP contribution in [0.2, 0.25) is 0 Å². The van der Waals surface area contributed by atoms with Crippen LogP contribution in [0.25, 0.3) is 0 Å². The number of hydrogen-bond acceptors (Lipinski definition) is 6. The zero-order valence-corrected chi connectivity index (χ0v) is 19.6. The minimum Gasteiger partial charge on any atom is -0.449 e. The summed E-state index contributed by atoms with van der Waals surface area (Å²) in [4.78, 5) is 18.8. The predicted molar refractivity (Wildman–Crippen MR) is 120 cm³/mol. The summed E-state index contributed by atoms with van der Waals surface area (Å²) in [5.41, 5.74) is 0.689. The van der Waals surface area contributed by atoms with Gasteiger partial charge in [-0.2, -0.15) is 5.10 Å². The molecule has 10 nitrogen and oxygen atoms in total. The van der Waals surface area contributed by atoms with E-state index in [-0.39, 0.29) is 36.6 Å². The number of rotatable bonds is 3. The van der Waals surface area contributed by atoms with Gasteiger partial charge < -0.3 is 14.6 Å². The molecule has 2 fully saturated rings. The van der Waals surface area contributed by atoms with E-state index in [0.717, 1.165) is 12.8 Å². The summed E-state index contributed by atoms with van der Waals surface area (Å²) in [5, 5.41) is 6.93. The van der Waals surface area contributed by atoms with E-state index < -0.39 is 39.4 Å². The molecule has 3 aromatic rings. The summed E-state index contributed by atoms with van der Waals surface area (Å²) >= 11 is 0. The van der Waals surface area contributed by atoms with E-state index in [0.29, 0.717) is 35.8 Å². The van der Waals surface area contributed by atoms with Crippen LogP contribution in [-0.2, 0) is 16.6 Å². The van der Waals surface area contributed by atoms with Crippen molar-refractivity contribution in [1.82, 2.24) is 19.7 Å². The first-order valence-electron chi connectivity index (χ1n) is 11.4. The Balaban J connectivity index is 1.31. The van der Waals surface area contributed by atoms with Crippen molar-refractivity contribution >= 4 is 27.4 Å². The van der Waals surface area contributed by atoms with Crippen LogP contribution in [0.5, 0.6) is 0 Å². The number of carbonyl (C=O) groups excluding carboxylic acids is 1. The summed E-state index contributed by atoms with van der Waals surface area (Å²) in [6.07, 6.45) is 6.58. The molecule has 3 aliphatic rings. The van der Waals surface area contributed by atoms with E-state index in [1.807, 2.05) is 0 Å². The molecule has 2 aromatic heterocycles. The third kappa shape index (κ3) is 3.62. The smallest absolute Gasteiger partial charge is 0.322 e. The van der Waals surface area contributed by atoms with Gasteiger partial charge in [0.1, 0.15) is 6.26 Å². The van der Waals surface area contributed by atoms with Gasteiger partial charge in [0.15, 0.2) is 23.3 Å². The maximum atomic E-state index is 13.7. The summed E-state index contributed by atoms with van der Waals surface area (Å²) in [7, 11) is -3.70. The average molecular weight is 523 g/mol. The van der Waals surface area contributed by atoms with Crippen molar-refractivity contribution in [3.8, 4) is 0 Å². The molecule has 1 aliphatic carbocycles. The van der Waals surface area contributed by atoms with E-state index >= 15 is 0 Å². The highest BCUT2D eigenvalue weighted by Crippen LogP contribution is 2.43. The Morgan fingerprint density at radius 1 is 1.14 bits per heavy atom. The number of amides is 2. The normalized spacial score (nSPS) is 24.6. The number of nitrogens with zero attached hydrogens (tertiary/aromatic N) is 5. The Morgan fingerprint density at radius 3 is 2.61 bits per heavy atom. The van der Waals surface area contributed by atoms with E-state index in [2.05, 4.69) is 15.4 Å². The van der Waals surface area contributed by atoms with Crippen molar-refractivity contribution in [2.24, 2.45) is 0 Å². The molecule has 2 amide bonds. The molecule has 1 saturated heterocycles. The minimum absolute atomic E-state index is 0.0319. The highest BCUT2D eigenvalue weighted by atomic mass is 32.2. The molecule has 0 radical (unpaired) electrons. The highest BCUT2D eigenvalue weighted by molar-refractivity contribution is 7.93. The lowest BCUT2D eigenvalue weighted by atomic mass is 10.1. The quantitative estimate of drug-likeness (QED) is 0.528. The van der Waals surface area contributed by atoms with Gasteiger partial charge in [-0.15, -0.1) is 0 Å². The second-order valence-corrected chi connectivity index (χ2v) is 11.1. The van der Waals surface area contributed by atoms with Gasteiger partial charge in [0.2, 0.25) is 10.0 Å². The molecular formula is C22H21F3N6O4S. The fourth-order valence-corrected chi connectivity index (χ4v) is 7.26. The monoisotopic (exact) mass is 522 g/mol. The highest BCUT2D eigenvalue weighted by Gasteiger charge is 2.46. The molecule has 1 N–H and O–H groups in total. The molecule has 1 unspecified atom stereocenters. The van der Waals surface area contributed by atoms with Gasteiger partial charge in [-0.05, 0) is 19.3 Å². The summed E-state index contributed by atoms with van der Waals surface area (Å²) in [6, 6.07) is 0.375. The maximum absolute atomic E-state index is 13.7. The molecule has 0 bridgehead atoms. The summed E-state index contributed by atoms with van der Waals surface area (Å²) < 4.78 is 75.1. The van der Waals surface area contributed by atoms with Crippen molar-refractivity contribution in [3.05, 3.63) is 59.8 Å².